The fourth-order valence-corrected chi connectivity index (χ4v) is 6.00. The van der Waals surface area contributed by atoms with Crippen molar-refractivity contribution in [2.24, 2.45) is 5.73 Å². The number of allylic oxidation sites excluding steroid dienone is 8. The van der Waals surface area contributed by atoms with Crippen molar-refractivity contribution in [3.63, 3.8) is 0 Å². The topological polar surface area (TPSA) is 117 Å². The van der Waals surface area contributed by atoms with E-state index in [1.54, 1.807) is 0 Å². The van der Waals surface area contributed by atoms with Crippen LogP contribution in [0.3, 0.4) is 0 Å². The highest BCUT2D eigenvalue weighted by Gasteiger charge is 2.25. The summed E-state index contributed by atoms with van der Waals surface area (Å²) in [6.07, 6.45) is 44.0. The second-order valence-corrected chi connectivity index (χ2v) is 14.6. The molecular weight excluding hydrogens is 649 g/mol. The lowest BCUT2D eigenvalue weighted by atomic mass is 10.1. The van der Waals surface area contributed by atoms with Gasteiger partial charge in [0, 0.05) is 19.6 Å². The maximum absolute atomic E-state index is 12.5. The SMILES string of the molecule is CCCCC/C=C\C/C=C\CCCCCCCCOCC(COP(=O)(O)OCCN)OC(=O)CCCCCCC/C=C\C/C=C\CCCCC. The first-order chi connectivity index (χ1) is 24.4. The van der Waals surface area contributed by atoms with Gasteiger partial charge in [0.25, 0.3) is 0 Å². The number of ether oxygens (including phenoxy) is 2. The van der Waals surface area contributed by atoms with Crippen molar-refractivity contribution < 1.29 is 32.8 Å². The van der Waals surface area contributed by atoms with E-state index in [4.69, 9.17) is 24.3 Å². The van der Waals surface area contributed by atoms with Crippen LogP contribution in [-0.4, -0.2) is 49.9 Å². The zero-order valence-electron chi connectivity index (χ0n) is 32.1. The molecule has 3 N–H and O–H groups in total. The first-order valence-corrected chi connectivity index (χ1v) is 21.6. The van der Waals surface area contributed by atoms with E-state index >= 15 is 0 Å². The first kappa shape index (κ1) is 48.5. The van der Waals surface area contributed by atoms with Gasteiger partial charge in [0.1, 0.15) is 6.10 Å². The van der Waals surface area contributed by atoms with Crippen LogP contribution >= 0.6 is 7.82 Å². The molecule has 0 aromatic heterocycles. The number of esters is 1. The summed E-state index contributed by atoms with van der Waals surface area (Å²) in [6.45, 7) is 4.82. The summed E-state index contributed by atoms with van der Waals surface area (Å²) in [5.41, 5.74) is 5.36. The molecular formula is C41H76NO7P. The number of phosphoric acid groups is 1. The fraction of sp³-hybridized carbons (Fsp3) is 0.780. The number of phosphoric ester groups is 1. The average Bonchev–Trinajstić information content (AvgIpc) is 3.10. The Morgan fingerprint density at radius 1 is 0.600 bits per heavy atom. The molecule has 0 saturated heterocycles. The summed E-state index contributed by atoms with van der Waals surface area (Å²) < 4.78 is 33.3. The minimum absolute atomic E-state index is 0.0944. The predicted molar refractivity (Wildman–Crippen MR) is 210 cm³/mol. The van der Waals surface area contributed by atoms with E-state index in [9.17, 15) is 14.3 Å². The van der Waals surface area contributed by atoms with Gasteiger partial charge in [0.15, 0.2) is 0 Å². The van der Waals surface area contributed by atoms with Gasteiger partial charge in [-0.1, -0.05) is 133 Å². The highest BCUT2D eigenvalue weighted by Crippen LogP contribution is 2.43. The van der Waals surface area contributed by atoms with E-state index in [0.717, 1.165) is 77.0 Å². The molecule has 0 aromatic carbocycles. The zero-order chi connectivity index (χ0) is 36.6. The Morgan fingerprint density at radius 2 is 1.06 bits per heavy atom. The lowest BCUT2D eigenvalue weighted by Gasteiger charge is -2.20. The van der Waals surface area contributed by atoms with Gasteiger partial charge in [-0.2, -0.15) is 0 Å². The van der Waals surface area contributed by atoms with E-state index in [1.165, 1.54) is 70.6 Å². The van der Waals surface area contributed by atoms with Gasteiger partial charge in [-0.3, -0.25) is 13.8 Å². The molecule has 0 amide bonds. The monoisotopic (exact) mass is 726 g/mol. The number of hydrogen-bond acceptors (Lipinski definition) is 7. The summed E-state index contributed by atoms with van der Waals surface area (Å²) in [5.74, 6) is -0.350. The largest absolute Gasteiger partial charge is 0.472 e. The Balaban J connectivity index is 4.12. The van der Waals surface area contributed by atoms with Crippen LogP contribution in [0.2, 0.25) is 0 Å². The lowest BCUT2D eigenvalue weighted by molar-refractivity contribution is -0.154. The average molecular weight is 726 g/mol. The molecule has 0 heterocycles. The normalized spacial score (nSPS) is 14.1. The van der Waals surface area contributed by atoms with Crippen LogP contribution in [0.5, 0.6) is 0 Å². The van der Waals surface area contributed by atoms with Gasteiger partial charge in [-0.25, -0.2) is 4.57 Å². The molecule has 9 heteroatoms. The van der Waals surface area contributed by atoms with Crippen LogP contribution in [0.15, 0.2) is 48.6 Å². The van der Waals surface area contributed by atoms with Gasteiger partial charge in [-0.05, 0) is 77.0 Å². The molecule has 0 fully saturated rings. The highest BCUT2D eigenvalue weighted by atomic mass is 31.2. The zero-order valence-corrected chi connectivity index (χ0v) is 33.0. The molecule has 8 nitrogen and oxygen atoms in total. The predicted octanol–water partition coefficient (Wildman–Crippen LogP) is 11.6. The van der Waals surface area contributed by atoms with Crippen LogP contribution < -0.4 is 5.73 Å². The Kier molecular flexibility index (Phi) is 37.5. The maximum atomic E-state index is 12.5. The van der Waals surface area contributed by atoms with Gasteiger partial charge in [-0.15, -0.1) is 0 Å². The second-order valence-electron chi connectivity index (χ2n) is 13.1. The van der Waals surface area contributed by atoms with Crippen molar-refractivity contribution in [2.45, 2.75) is 174 Å². The summed E-state index contributed by atoms with van der Waals surface area (Å²) in [7, 11) is -4.28. The molecule has 0 aromatic rings. The highest BCUT2D eigenvalue weighted by molar-refractivity contribution is 7.47. The number of rotatable bonds is 38. The molecule has 0 rings (SSSR count). The molecule has 292 valence electrons. The number of carbonyl (C=O) groups excluding carboxylic acids is 1. The van der Waals surface area contributed by atoms with Crippen molar-refractivity contribution in [1.82, 2.24) is 0 Å². The molecule has 0 radical (unpaired) electrons. The molecule has 50 heavy (non-hydrogen) atoms. The molecule has 0 aliphatic heterocycles. The molecule has 0 bridgehead atoms. The minimum atomic E-state index is -4.28. The Bertz CT molecular complexity index is 905. The number of unbranched alkanes of at least 4 members (excludes halogenated alkanes) is 17. The summed E-state index contributed by atoms with van der Waals surface area (Å²) in [5, 5.41) is 0. The third kappa shape index (κ3) is 37.7. The Morgan fingerprint density at radius 3 is 1.56 bits per heavy atom. The quantitative estimate of drug-likeness (QED) is 0.0279. The van der Waals surface area contributed by atoms with Gasteiger partial charge in [0.05, 0.1) is 19.8 Å². The standard InChI is InChI=1S/C41H76NO7P/c1-3-5-7-9-11-13-15-17-19-21-23-25-27-29-31-33-36-46-38-40(39-48-50(44,45)47-37-35-42)49-41(43)34-32-30-28-26-24-22-20-18-16-14-12-10-8-6-4-2/h11-14,17-20,40H,3-10,15-16,21-39,42H2,1-2H3,(H,44,45)/b13-11-,14-12-,19-17-,20-18-. The van der Waals surface area contributed by atoms with Crippen molar-refractivity contribution >= 4 is 13.8 Å². The van der Waals surface area contributed by atoms with Crippen LogP contribution in [0.1, 0.15) is 168 Å². The molecule has 0 aliphatic rings. The summed E-state index contributed by atoms with van der Waals surface area (Å²) in [4.78, 5) is 22.4. The summed E-state index contributed by atoms with van der Waals surface area (Å²) >= 11 is 0. The smallest absolute Gasteiger partial charge is 0.457 e. The third-order valence-electron chi connectivity index (χ3n) is 8.22. The molecule has 0 saturated carbocycles. The second kappa shape index (κ2) is 38.7. The van der Waals surface area contributed by atoms with E-state index in [1.807, 2.05) is 0 Å². The van der Waals surface area contributed by atoms with Crippen molar-refractivity contribution in [2.75, 3.05) is 33.0 Å². The van der Waals surface area contributed by atoms with E-state index in [-0.39, 0.29) is 32.3 Å². The van der Waals surface area contributed by atoms with E-state index in [2.05, 4.69) is 62.5 Å². The summed E-state index contributed by atoms with van der Waals surface area (Å²) in [6, 6.07) is 0. The first-order valence-electron chi connectivity index (χ1n) is 20.1. The fourth-order valence-electron chi connectivity index (χ4n) is 5.23. The van der Waals surface area contributed by atoms with Crippen LogP contribution in [-0.2, 0) is 27.9 Å². The van der Waals surface area contributed by atoms with Crippen molar-refractivity contribution in [3.05, 3.63) is 48.6 Å². The Hall–Kier alpha value is -1.54. The van der Waals surface area contributed by atoms with Gasteiger partial charge < -0.3 is 20.1 Å². The van der Waals surface area contributed by atoms with Crippen LogP contribution in [0, 0.1) is 0 Å². The van der Waals surface area contributed by atoms with E-state index in [0.29, 0.717) is 13.0 Å². The van der Waals surface area contributed by atoms with Crippen molar-refractivity contribution in [1.29, 1.82) is 0 Å². The van der Waals surface area contributed by atoms with Crippen molar-refractivity contribution in [3.8, 4) is 0 Å². The Labute approximate surface area is 307 Å². The minimum Gasteiger partial charge on any atom is -0.457 e. The molecule has 0 aliphatic carbocycles. The van der Waals surface area contributed by atoms with Crippen LogP contribution in [0.25, 0.3) is 0 Å². The molecule has 2 unspecified atom stereocenters. The number of nitrogens with two attached hydrogens (primary N) is 1. The number of carbonyl (C=O) groups is 1. The van der Waals surface area contributed by atoms with Crippen LogP contribution in [0.4, 0.5) is 0 Å². The van der Waals surface area contributed by atoms with Gasteiger partial charge in [0.2, 0.25) is 0 Å². The third-order valence-corrected chi connectivity index (χ3v) is 9.20. The number of hydrogen-bond donors (Lipinski definition) is 2. The maximum Gasteiger partial charge on any atom is 0.472 e. The molecule has 0 spiro atoms. The van der Waals surface area contributed by atoms with E-state index < -0.39 is 13.9 Å². The lowest BCUT2D eigenvalue weighted by Crippen LogP contribution is -2.28. The molecule has 2 atom stereocenters. The van der Waals surface area contributed by atoms with Gasteiger partial charge >= 0.3 is 13.8 Å².